The minimum atomic E-state index is -1.05. The molecular weight excluding hydrogens is 348 g/mol. The largest absolute Gasteiger partial charge is 0.478 e. The van der Waals surface area contributed by atoms with Crippen LogP contribution in [0.3, 0.4) is 0 Å². The number of carboxylic acids is 1. The molecule has 0 atom stereocenters. The maximum Gasteiger partial charge on any atom is 0.339 e. The molecule has 1 fully saturated rings. The minimum absolute atomic E-state index is 0.0123. The normalized spacial score (nSPS) is 14.8. The van der Waals surface area contributed by atoms with Crippen molar-refractivity contribution in [1.82, 2.24) is 10.2 Å². The second-order valence-electron chi connectivity index (χ2n) is 6.64. The first-order valence-corrected chi connectivity index (χ1v) is 8.90. The van der Waals surface area contributed by atoms with Crippen LogP contribution in [0.2, 0.25) is 0 Å². The molecule has 0 saturated carbocycles. The quantitative estimate of drug-likeness (QED) is 0.842. The van der Waals surface area contributed by atoms with Crippen LogP contribution in [0.25, 0.3) is 0 Å². The second-order valence-corrected chi connectivity index (χ2v) is 6.64. The summed E-state index contributed by atoms with van der Waals surface area (Å²) in [5.74, 6) is -0.604. The van der Waals surface area contributed by atoms with E-state index < -0.39 is 5.97 Å². The van der Waals surface area contributed by atoms with Gasteiger partial charge in [-0.2, -0.15) is 0 Å². The molecule has 0 aliphatic carbocycles. The smallest absolute Gasteiger partial charge is 0.339 e. The first kappa shape index (κ1) is 18.7. The van der Waals surface area contributed by atoms with Crippen LogP contribution in [-0.2, 0) is 11.3 Å². The van der Waals surface area contributed by atoms with E-state index in [4.69, 9.17) is 9.52 Å². The van der Waals surface area contributed by atoms with Crippen LogP contribution in [0.5, 0.6) is 0 Å². The highest BCUT2D eigenvalue weighted by atomic mass is 16.4. The molecule has 7 nitrogen and oxygen atoms in total. The van der Waals surface area contributed by atoms with Gasteiger partial charge in [-0.3, -0.25) is 9.59 Å². The number of nitrogens with zero attached hydrogens (tertiary/aromatic N) is 1. The summed E-state index contributed by atoms with van der Waals surface area (Å²) in [6.45, 7) is 2.80. The van der Waals surface area contributed by atoms with E-state index in [-0.39, 0.29) is 29.8 Å². The van der Waals surface area contributed by atoms with Gasteiger partial charge in [-0.1, -0.05) is 18.2 Å². The van der Waals surface area contributed by atoms with Gasteiger partial charge < -0.3 is 19.7 Å². The van der Waals surface area contributed by atoms with Gasteiger partial charge in [0.05, 0.1) is 6.54 Å². The SMILES string of the molecule is Cc1oc(CNC(=O)C2CCN(C(=O)c3ccccc3)CC2)cc1C(=O)O. The van der Waals surface area contributed by atoms with Crippen molar-refractivity contribution in [3.8, 4) is 0 Å². The van der Waals surface area contributed by atoms with Crippen molar-refractivity contribution in [2.75, 3.05) is 13.1 Å². The summed E-state index contributed by atoms with van der Waals surface area (Å²) in [6, 6.07) is 10.5. The number of rotatable bonds is 5. The van der Waals surface area contributed by atoms with Gasteiger partial charge in [0.25, 0.3) is 5.91 Å². The van der Waals surface area contributed by atoms with Crippen molar-refractivity contribution in [3.05, 3.63) is 59.0 Å². The number of aryl methyl sites for hydroxylation is 1. The van der Waals surface area contributed by atoms with Gasteiger partial charge in [0.15, 0.2) is 0 Å². The Morgan fingerprint density at radius 1 is 1.19 bits per heavy atom. The minimum Gasteiger partial charge on any atom is -0.478 e. The van der Waals surface area contributed by atoms with Crippen molar-refractivity contribution in [2.45, 2.75) is 26.3 Å². The zero-order valence-electron chi connectivity index (χ0n) is 15.1. The molecule has 0 bridgehead atoms. The Bertz CT molecular complexity index is 835. The van der Waals surface area contributed by atoms with Crippen molar-refractivity contribution >= 4 is 17.8 Å². The van der Waals surface area contributed by atoms with Gasteiger partial charge in [0, 0.05) is 24.6 Å². The number of amides is 2. The third kappa shape index (κ3) is 4.36. The van der Waals surface area contributed by atoms with Gasteiger partial charge in [-0.25, -0.2) is 4.79 Å². The average molecular weight is 370 g/mol. The average Bonchev–Trinajstić information content (AvgIpc) is 3.07. The fourth-order valence-corrected chi connectivity index (χ4v) is 3.27. The molecule has 2 N–H and O–H groups in total. The molecule has 27 heavy (non-hydrogen) atoms. The Balaban J connectivity index is 1.49. The van der Waals surface area contributed by atoms with Gasteiger partial charge in [-0.15, -0.1) is 0 Å². The summed E-state index contributed by atoms with van der Waals surface area (Å²) >= 11 is 0. The Morgan fingerprint density at radius 2 is 1.85 bits per heavy atom. The molecule has 2 aromatic rings. The fraction of sp³-hybridized carbons (Fsp3) is 0.350. The number of hydrogen-bond donors (Lipinski definition) is 2. The van der Waals surface area contributed by atoms with Crippen LogP contribution in [0.4, 0.5) is 0 Å². The van der Waals surface area contributed by atoms with Crippen LogP contribution in [0, 0.1) is 12.8 Å². The van der Waals surface area contributed by atoms with E-state index in [0.717, 1.165) is 0 Å². The summed E-state index contributed by atoms with van der Waals surface area (Å²) in [5.41, 5.74) is 0.759. The van der Waals surface area contributed by atoms with Crippen LogP contribution in [-0.4, -0.2) is 40.9 Å². The van der Waals surface area contributed by atoms with Crippen molar-refractivity contribution in [2.24, 2.45) is 5.92 Å². The van der Waals surface area contributed by atoms with Crippen LogP contribution in [0.1, 0.15) is 45.1 Å². The molecule has 1 aliphatic heterocycles. The van der Waals surface area contributed by atoms with Gasteiger partial charge >= 0.3 is 5.97 Å². The van der Waals surface area contributed by atoms with Gasteiger partial charge in [0.1, 0.15) is 17.1 Å². The molecule has 1 aromatic heterocycles. The zero-order chi connectivity index (χ0) is 19.4. The summed E-state index contributed by atoms with van der Waals surface area (Å²) in [5, 5.41) is 11.8. The molecule has 142 valence electrons. The molecule has 2 heterocycles. The lowest BCUT2D eigenvalue weighted by molar-refractivity contribution is -0.126. The topological polar surface area (TPSA) is 99.9 Å². The Labute approximate surface area is 157 Å². The molecule has 0 spiro atoms. The van der Waals surface area contributed by atoms with Crippen molar-refractivity contribution < 1.29 is 23.9 Å². The predicted molar refractivity (Wildman–Crippen MR) is 97.3 cm³/mol. The number of hydrogen-bond acceptors (Lipinski definition) is 4. The molecular formula is C20H22N2O5. The lowest BCUT2D eigenvalue weighted by atomic mass is 9.95. The molecule has 0 unspecified atom stereocenters. The number of furan rings is 1. The Kier molecular flexibility index (Phi) is 5.59. The highest BCUT2D eigenvalue weighted by Gasteiger charge is 2.28. The molecule has 7 heteroatoms. The number of likely N-dealkylation sites (tertiary alicyclic amines) is 1. The summed E-state index contributed by atoms with van der Waals surface area (Å²) in [4.78, 5) is 37.6. The lowest BCUT2D eigenvalue weighted by Crippen LogP contribution is -2.42. The number of piperidine rings is 1. The predicted octanol–water partition coefficient (Wildman–Crippen LogP) is 2.45. The van der Waals surface area contributed by atoms with Gasteiger partial charge in [0.2, 0.25) is 5.91 Å². The summed E-state index contributed by atoms with van der Waals surface area (Å²) in [7, 11) is 0. The number of aromatic carboxylic acids is 1. The molecule has 2 amide bonds. The number of benzene rings is 1. The summed E-state index contributed by atoms with van der Waals surface area (Å²) in [6.07, 6.45) is 1.20. The Hall–Kier alpha value is -3.09. The maximum atomic E-state index is 12.4. The zero-order valence-corrected chi connectivity index (χ0v) is 15.1. The molecule has 1 aliphatic rings. The number of carbonyl (C=O) groups excluding carboxylic acids is 2. The number of carbonyl (C=O) groups is 3. The monoisotopic (exact) mass is 370 g/mol. The van der Waals surface area contributed by atoms with Crippen LogP contribution < -0.4 is 5.32 Å². The van der Waals surface area contributed by atoms with E-state index >= 15 is 0 Å². The van der Waals surface area contributed by atoms with E-state index in [2.05, 4.69) is 5.32 Å². The Morgan fingerprint density at radius 3 is 2.44 bits per heavy atom. The van der Waals surface area contributed by atoms with E-state index in [1.807, 2.05) is 18.2 Å². The summed E-state index contributed by atoms with van der Waals surface area (Å²) < 4.78 is 5.36. The second kappa shape index (κ2) is 8.07. The van der Waals surface area contributed by atoms with Crippen LogP contribution >= 0.6 is 0 Å². The molecule has 1 saturated heterocycles. The maximum absolute atomic E-state index is 12.4. The highest BCUT2D eigenvalue weighted by Crippen LogP contribution is 2.20. The number of carboxylic acid groups (broad SMARTS) is 1. The highest BCUT2D eigenvalue weighted by molar-refractivity contribution is 5.94. The van der Waals surface area contributed by atoms with E-state index in [0.29, 0.717) is 43.0 Å². The van der Waals surface area contributed by atoms with Gasteiger partial charge in [-0.05, 0) is 38.0 Å². The van der Waals surface area contributed by atoms with Crippen molar-refractivity contribution in [3.63, 3.8) is 0 Å². The van der Waals surface area contributed by atoms with Crippen molar-refractivity contribution in [1.29, 1.82) is 0 Å². The van der Waals surface area contributed by atoms with E-state index in [1.165, 1.54) is 6.07 Å². The van der Waals surface area contributed by atoms with E-state index in [1.54, 1.807) is 24.0 Å². The standard InChI is InChI=1S/C20H22N2O5/c1-13-17(20(25)26)11-16(27-13)12-21-18(23)14-7-9-22(10-8-14)19(24)15-5-3-2-4-6-15/h2-6,11,14H,7-10,12H2,1H3,(H,21,23)(H,25,26). The fourth-order valence-electron chi connectivity index (χ4n) is 3.27. The lowest BCUT2D eigenvalue weighted by Gasteiger charge is -2.31. The van der Waals surface area contributed by atoms with Crippen LogP contribution in [0.15, 0.2) is 40.8 Å². The first-order valence-electron chi connectivity index (χ1n) is 8.90. The molecule has 1 aromatic carbocycles. The van der Waals surface area contributed by atoms with E-state index in [9.17, 15) is 14.4 Å². The number of nitrogens with one attached hydrogen (secondary N) is 1. The third-order valence-electron chi connectivity index (χ3n) is 4.81. The molecule has 0 radical (unpaired) electrons. The molecule has 3 rings (SSSR count). The first-order chi connectivity index (χ1) is 13.0. The third-order valence-corrected chi connectivity index (χ3v) is 4.81.